The first-order chi connectivity index (χ1) is 9.13. The average molecular weight is 318 g/mol. The molecule has 6 heteroatoms. The number of halogens is 2. The van der Waals surface area contributed by atoms with Gasteiger partial charge < -0.3 is 10.4 Å². The number of hydrogen-bond donors (Lipinski definition) is 2. The van der Waals surface area contributed by atoms with E-state index in [-0.39, 0.29) is 12.5 Å². The number of aliphatic hydroxyl groups excluding tert-OH is 1. The fourth-order valence-corrected chi connectivity index (χ4v) is 3.41. The van der Waals surface area contributed by atoms with Crippen LogP contribution in [0.2, 0.25) is 10.0 Å². The quantitative estimate of drug-likeness (QED) is 0.826. The molecule has 0 saturated carbocycles. The van der Waals surface area contributed by atoms with E-state index in [4.69, 9.17) is 28.3 Å². The highest BCUT2D eigenvalue weighted by Gasteiger charge is 2.16. The van der Waals surface area contributed by atoms with Crippen LogP contribution in [-0.2, 0) is 0 Å². The number of aliphatic hydroxyl groups is 1. The van der Waals surface area contributed by atoms with Gasteiger partial charge in [0.15, 0.2) is 0 Å². The summed E-state index contributed by atoms with van der Waals surface area (Å²) in [5.74, 6) is -0.180. The molecule has 1 aromatic heterocycles. The molecule has 1 aromatic carbocycles. The summed E-state index contributed by atoms with van der Waals surface area (Å²) in [6, 6.07) is 5.38. The minimum atomic E-state index is -0.180. The number of carbonyl (C=O) groups excluding carboxylic acids is 1. The van der Waals surface area contributed by atoms with Crippen molar-refractivity contribution >= 4 is 50.5 Å². The number of hydrogen-bond acceptors (Lipinski definition) is 3. The standard InChI is InChI=1S/C13H13Cl2NO2S/c14-8-3-4-9-10(7-8)19-12(11(9)15)13(18)16-5-1-2-6-17/h3-4,7,17H,1-2,5-6H2,(H,16,18). The molecule has 19 heavy (non-hydrogen) atoms. The lowest BCUT2D eigenvalue weighted by molar-refractivity contribution is 0.0956. The normalized spacial score (nSPS) is 10.9. The van der Waals surface area contributed by atoms with Crippen molar-refractivity contribution in [1.29, 1.82) is 0 Å². The van der Waals surface area contributed by atoms with Gasteiger partial charge in [0.1, 0.15) is 4.88 Å². The first kappa shape index (κ1) is 14.6. The smallest absolute Gasteiger partial charge is 0.262 e. The molecule has 3 nitrogen and oxygen atoms in total. The zero-order chi connectivity index (χ0) is 13.8. The number of amides is 1. The van der Waals surface area contributed by atoms with Crippen molar-refractivity contribution in [1.82, 2.24) is 5.32 Å². The lowest BCUT2D eigenvalue weighted by Crippen LogP contribution is -2.23. The molecule has 0 fully saturated rings. The van der Waals surface area contributed by atoms with Crippen LogP contribution in [0.15, 0.2) is 18.2 Å². The van der Waals surface area contributed by atoms with E-state index in [2.05, 4.69) is 5.32 Å². The molecule has 0 atom stereocenters. The monoisotopic (exact) mass is 317 g/mol. The molecular formula is C13H13Cl2NO2S. The molecule has 2 N–H and O–H groups in total. The molecule has 0 spiro atoms. The second-order valence-electron chi connectivity index (χ2n) is 4.07. The molecule has 0 bridgehead atoms. The van der Waals surface area contributed by atoms with E-state index in [1.54, 1.807) is 12.1 Å². The Hall–Kier alpha value is -0.810. The first-order valence-corrected chi connectivity index (χ1v) is 7.47. The van der Waals surface area contributed by atoms with Crippen molar-refractivity contribution in [3.8, 4) is 0 Å². The van der Waals surface area contributed by atoms with Gasteiger partial charge in [0.25, 0.3) is 5.91 Å². The summed E-state index contributed by atoms with van der Waals surface area (Å²) in [6.07, 6.45) is 1.42. The van der Waals surface area contributed by atoms with Crippen LogP contribution in [0.3, 0.4) is 0 Å². The number of fused-ring (bicyclic) bond motifs is 1. The van der Waals surface area contributed by atoms with Crippen LogP contribution in [0, 0.1) is 0 Å². The van der Waals surface area contributed by atoms with Crippen LogP contribution in [0.25, 0.3) is 10.1 Å². The van der Waals surface area contributed by atoms with Crippen molar-refractivity contribution in [2.24, 2.45) is 0 Å². The van der Waals surface area contributed by atoms with E-state index >= 15 is 0 Å². The highest BCUT2D eigenvalue weighted by atomic mass is 35.5. The zero-order valence-corrected chi connectivity index (χ0v) is 12.4. The lowest BCUT2D eigenvalue weighted by Gasteiger charge is -2.02. The summed E-state index contributed by atoms with van der Waals surface area (Å²) in [7, 11) is 0. The van der Waals surface area contributed by atoms with Gasteiger partial charge in [0, 0.05) is 28.3 Å². The second kappa shape index (κ2) is 6.57. The molecule has 0 radical (unpaired) electrons. The van der Waals surface area contributed by atoms with Crippen molar-refractivity contribution in [3.63, 3.8) is 0 Å². The van der Waals surface area contributed by atoms with E-state index in [1.807, 2.05) is 6.07 Å². The zero-order valence-electron chi connectivity index (χ0n) is 10.1. The molecule has 102 valence electrons. The third-order valence-corrected chi connectivity index (χ3v) is 4.56. The number of benzene rings is 1. The maximum absolute atomic E-state index is 12.0. The average Bonchev–Trinajstić information content (AvgIpc) is 2.71. The molecule has 0 aliphatic carbocycles. The summed E-state index contributed by atoms with van der Waals surface area (Å²) in [6.45, 7) is 0.669. The maximum Gasteiger partial charge on any atom is 0.262 e. The highest BCUT2D eigenvalue weighted by molar-refractivity contribution is 7.21. The molecule has 2 aromatic rings. The Balaban J connectivity index is 2.15. The first-order valence-electron chi connectivity index (χ1n) is 5.90. The summed E-state index contributed by atoms with van der Waals surface area (Å²) >= 11 is 13.5. The lowest BCUT2D eigenvalue weighted by atomic mass is 10.2. The van der Waals surface area contributed by atoms with Gasteiger partial charge in [-0.3, -0.25) is 4.79 Å². The Kier molecular flexibility index (Phi) is 5.05. The van der Waals surface area contributed by atoms with Crippen LogP contribution >= 0.6 is 34.5 Å². The molecule has 0 unspecified atom stereocenters. The van der Waals surface area contributed by atoms with Gasteiger partial charge in [0.2, 0.25) is 0 Å². The van der Waals surface area contributed by atoms with Crippen molar-refractivity contribution < 1.29 is 9.90 Å². The fourth-order valence-electron chi connectivity index (χ4n) is 1.70. The highest BCUT2D eigenvalue weighted by Crippen LogP contribution is 2.36. The largest absolute Gasteiger partial charge is 0.396 e. The van der Waals surface area contributed by atoms with E-state index in [9.17, 15) is 4.79 Å². The number of rotatable bonds is 5. The van der Waals surface area contributed by atoms with Gasteiger partial charge in [-0.05, 0) is 25.0 Å². The van der Waals surface area contributed by atoms with Crippen molar-refractivity contribution in [2.75, 3.05) is 13.2 Å². The Labute approximate surface area is 125 Å². The summed E-state index contributed by atoms with van der Waals surface area (Å²) < 4.78 is 0.901. The van der Waals surface area contributed by atoms with Crippen molar-refractivity contribution in [3.05, 3.63) is 33.1 Å². The predicted octanol–water partition coefficient (Wildman–Crippen LogP) is 3.71. The van der Waals surface area contributed by atoms with Gasteiger partial charge in [-0.15, -0.1) is 11.3 Å². The molecule has 2 rings (SSSR count). The molecule has 0 aliphatic rings. The third kappa shape index (κ3) is 3.39. The van der Waals surface area contributed by atoms with Gasteiger partial charge >= 0.3 is 0 Å². The minimum Gasteiger partial charge on any atom is -0.396 e. The van der Waals surface area contributed by atoms with Crippen LogP contribution in [0.5, 0.6) is 0 Å². The Morgan fingerprint density at radius 3 is 2.84 bits per heavy atom. The summed E-state index contributed by atoms with van der Waals surface area (Å²) in [4.78, 5) is 12.5. The summed E-state index contributed by atoms with van der Waals surface area (Å²) in [5.41, 5.74) is 0. The number of unbranched alkanes of at least 4 members (excludes halogenated alkanes) is 1. The molecule has 1 heterocycles. The second-order valence-corrected chi connectivity index (χ2v) is 5.94. The van der Waals surface area contributed by atoms with E-state index < -0.39 is 0 Å². The number of thiophene rings is 1. The van der Waals surface area contributed by atoms with Crippen LogP contribution in [0.4, 0.5) is 0 Å². The van der Waals surface area contributed by atoms with Gasteiger partial charge in [0.05, 0.1) is 5.02 Å². The van der Waals surface area contributed by atoms with Crippen LogP contribution in [0.1, 0.15) is 22.5 Å². The van der Waals surface area contributed by atoms with E-state index in [0.29, 0.717) is 27.9 Å². The minimum absolute atomic E-state index is 0.137. The molecular weight excluding hydrogens is 305 g/mol. The molecule has 0 aliphatic heterocycles. The van der Waals surface area contributed by atoms with Gasteiger partial charge in [-0.1, -0.05) is 29.3 Å². The van der Waals surface area contributed by atoms with Gasteiger partial charge in [-0.25, -0.2) is 0 Å². The predicted molar refractivity (Wildman–Crippen MR) is 80.5 cm³/mol. The fraction of sp³-hybridized carbons (Fsp3) is 0.308. The van der Waals surface area contributed by atoms with Crippen molar-refractivity contribution in [2.45, 2.75) is 12.8 Å². The SMILES string of the molecule is O=C(NCCCCO)c1sc2cc(Cl)ccc2c1Cl. The Bertz CT molecular complexity index is 598. The Morgan fingerprint density at radius 2 is 2.11 bits per heavy atom. The third-order valence-electron chi connectivity index (χ3n) is 2.67. The number of carbonyl (C=O) groups is 1. The van der Waals surface area contributed by atoms with Crippen LogP contribution in [-0.4, -0.2) is 24.2 Å². The van der Waals surface area contributed by atoms with E-state index in [0.717, 1.165) is 16.5 Å². The molecule has 0 saturated heterocycles. The Morgan fingerprint density at radius 1 is 1.32 bits per heavy atom. The van der Waals surface area contributed by atoms with Crippen LogP contribution < -0.4 is 5.32 Å². The maximum atomic E-state index is 12.0. The van der Waals surface area contributed by atoms with Gasteiger partial charge in [-0.2, -0.15) is 0 Å². The molecule has 1 amide bonds. The number of nitrogens with one attached hydrogen (secondary N) is 1. The van der Waals surface area contributed by atoms with E-state index in [1.165, 1.54) is 11.3 Å². The topological polar surface area (TPSA) is 49.3 Å². The summed E-state index contributed by atoms with van der Waals surface area (Å²) in [5, 5.41) is 13.4.